The Morgan fingerprint density at radius 3 is 2.73 bits per heavy atom. The van der Waals surface area contributed by atoms with Gasteiger partial charge in [0.25, 0.3) is 0 Å². The third-order valence-electron chi connectivity index (χ3n) is 4.09. The van der Waals surface area contributed by atoms with Crippen LogP contribution >= 0.6 is 35.7 Å². The number of thioether (sulfide) groups is 1. The molecule has 0 atom stereocenters. The molecule has 0 fully saturated rings. The molecule has 2 N–H and O–H groups in total. The highest BCUT2D eigenvalue weighted by Gasteiger charge is 2.11. The topological polar surface area (TPSA) is 45.7 Å². The first-order valence-corrected chi connectivity index (χ1v) is 9.70. The Hall–Kier alpha value is -1.41. The van der Waals surface area contributed by atoms with Crippen molar-refractivity contribution in [2.45, 2.75) is 17.7 Å². The smallest absolute Gasteiger partial charge is 0.191 e. The minimum Gasteiger partial charge on any atom is -0.493 e. The molecule has 0 radical (unpaired) electrons. The lowest BCUT2D eigenvalue weighted by atomic mass is 10.1. The van der Waals surface area contributed by atoms with Gasteiger partial charge in [-0.2, -0.15) is 0 Å². The molecule has 0 unspecified atom stereocenters. The van der Waals surface area contributed by atoms with Gasteiger partial charge in [0.05, 0.1) is 6.61 Å². The van der Waals surface area contributed by atoms with Crippen molar-refractivity contribution in [3.63, 3.8) is 0 Å². The monoisotopic (exact) mass is 483 g/mol. The fourth-order valence-corrected chi connectivity index (χ4v) is 3.59. The summed E-state index contributed by atoms with van der Waals surface area (Å²) in [6.45, 7) is 2.56. The van der Waals surface area contributed by atoms with Crippen molar-refractivity contribution in [1.82, 2.24) is 10.6 Å². The number of ether oxygens (including phenoxy) is 1. The van der Waals surface area contributed by atoms with E-state index in [-0.39, 0.29) is 24.0 Å². The predicted molar refractivity (Wildman–Crippen MR) is 121 cm³/mol. The first-order valence-electron chi connectivity index (χ1n) is 8.72. The fraction of sp³-hybridized carbons (Fsp3) is 0.350. The van der Waals surface area contributed by atoms with E-state index in [4.69, 9.17) is 4.74 Å². The molecular formula is C20H26IN3OS. The summed E-state index contributed by atoms with van der Waals surface area (Å²) in [5.41, 5.74) is 2.67. The Balaban J connectivity index is 0.00000243. The number of hydrogen-bond acceptors (Lipinski definition) is 3. The van der Waals surface area contributed by atoms with Crippen molar-refractivity contribution in [3.05, 3.63) is 59.7 Å². The van der Waals surface area contributed by atoms with Gasteiger partial charge in [0.2, 0.25) is 0 Å². The molecule has 0 saturated heterocycles. The van der Waals surface area contributed by atoms with Crippen molar-refractivity contribution in [1.29, 1.82) is 0 Å². The quantitative estimate of drug-likeness (QED) is 0.207. The summed E-state index contributed by atoms with van der Waals surface area (Å²) in [6, 6.07) is 17.0. The van der Waals surface area contributed by atoms with Gasteiger partial charge in [-0.3, -0.25) is 4.99 Å². The SMILES string of the molecule is CN=C(NCCSc1ccccc1)NCCc1ccc2c(c1)CCO2.I. The van der Waals surface area contributed by atoms with Crippen molar-refractivity contribution < 1.29 is 4.74 Å². The van der Waals surface area contributed by atoms with E-state index >= 15 is 0 Å². The van der Waals surface area contributed by atoms with Crippen LogP contribution in [0.2, 0.25) is 0 Å². The molecule has 3 rings (SSSR count). The molecule has 0 saturated carbocycles. The molecule has 26 heavy (non-hydrogen) atoms. The summed E-state index contributed by atoms with van der Waals surface area (Å²) < 4.78 is 5.55. The molecule has 140 valence electrons. The van der Waals surface area contributed by atoms with Crippen LogP contribution in [-0.4, -0.2) is 38.5 Å². The van der Waals surface area contributed by atoms with Crippen molar-refractivity contribution >= 4 is 41.7 Å². The summed E-state index contributed by atoms with van der Waals surface area (Å²) in [5.74, 6) is 2.92. The Bertz CT molecular complexity index is 709. The predicted octanol–water partition coefficient (Wildman–Crippen LogP) is 3.74. The van der Waals surface area contributed by atoms with Gasteiger partial charge in [-0.1, -0.05) is 30.3 Å². The number of rotatable bonds is 7. The average molecular weight is 483 g/mol. The fourth-order valence-electron chi connectivity index (χ4n) is 2.80. The van der Waals surface area contributed by atoms with Crippen LogP contribution in [0.3, 0.4) is 0 Å². The normalized spacial score (nSPS) is 12.7. The van der Waals surface area contributed by atoms with Gasteiger partial charge in [-0.05, 0) is 35.7 Å². The van der Waals surface area contributed by atoms with Gasteiger partial charge in [-0.15, -0.1) is 35.7 Å². The van der Waals surface area contributed by atoms with Crippen LogP contribution in [0.1, 0.15) is 11.1 Å². The molecule has 0 aliphatic carbocycles. The second kappa shape index (κ2) is 11.3. The minimum atomic E-state index is 0. The second-order valence-corrected chi connectivity index (χ2v) is 7.05. The summed E-state index contributed by atoms with van der Waals surface area (Å²) in [4.78, 5) is 5.59. The van der Waals surface area contributed by atoms with Crippen LogP contribution in [0.4, 0.5) is 0 Å². The number of nitrogens with one attached hydrogen (secondary N) is 2. The van der Waals surface area contributed by atoms with E-state index in [1.165, 1.54) is 16.0 Å². The lowest BCUT2D eigenvalue weighted by Gasteiger charge is -2.12. The number of halogens is 1. The second-order valence-electron chi connectivity index (χ2n) is 5.88. The Kier molecular flexibility index (Phi) is 9.11. The molecule has 1 aliphatic rings. The number of nitrogens with zero attached hydrogens (tertiary/aromatic N) is 1. The van der Waals surface area contributed by atoms with E-state index in [2.05, 4.69) is 58.1 Å². The summed E-state index contributed by atoms with van der Waals surface area (Å²) in [6.07, 6.45) is 2.01. The number of benzene rings is 2. The molecule has 0 spiro atoms. The lowest BCUT2D eigenvalue weighted by molar-refractivity contribution is 0.357. The maximum absolute atomic E-state index is 5.55. The molecule has 6 heteroatoms. The van der Waals surface area contributed by atoms with E-state index in [1.54, 1.807) is 0 Å². The highest BCUT2D eigenvalue weighted by atomic mass is 127. The molecule has 1 heterocycles. The van der Waals surface area contributed by atoms with Gasteiger partial charge in [0.15, 0.2) is 5.96 Å². The van der Waals surface area contributed by atoms with E-state index in [0.29, 0.717) is 0 Å². The molecule has 2 aromatic rings. The van der Waals surface area contributed by atoms with E-state index in [1.807, 2.05) is 24.9 Å². The molecule has 4 nitrogen and oxygen atoms in total. The standard InChI is InChI=1S/C20H25N3OS.HI/c1-21-20(23-12-14-25-18-5-3-2-4-6-18)22-11-9-16-7-8-19-17(15-16)10-13-24-19;/h2-8,15H,9-14H2,1H3,(H2,21,22,23);1H. The van der Waals surface area contributed by atoms with Crippen molar-refractivity contribution in [3.8, 4) is 5.75 Å². The third kappa shape index (κ3) is 6.39. The van der Waals surface area contributed by atoms with Gasteiger partial charge in [0, 0.05) is 37.2 Å². The summed E-state index contributed by atoms with van der Waals surface area (Å²) in [5, 5.41) is 6.75. The lowest BCUT2D eigenvalue weighted by Crippen LogP contribution is -2.39. The summed E-state index contributed by atoms with van der Waals surface area (Å²) >= 11 is 1.85. The number of aliphatic imine (C=N–C) groups is 1. The molecule has 0 bridgehead atoms. The average Bonchev–Trinajstić information content (AvgIpc) is 3.12. The van der Waals surface area contributed by atoms with E-state index in [0.717, 1.165) is 50.0 Å². The first-order chi connectivity index (χ1) is 12.3. The Morgan fingerprint density at radius 1 is 1.12 bits per heavy atom. The zero-order valence-corrected chi connectivity index (χ0v) is 18.2. The van der Waals surface area contributed by atoms with Crippen LogP contribution in [0.15, 0.2) is 58.4 Å². The molecule has 0 amide bonds. The minimum absolute atomic E-state index is 0. The van der Waals surface area contributed by atoms with Crippen molar-refractivity contribution in [2.75, 3.05) is 32.5 Å². The van der Waals surface area contributed by atoms with Crippen LogP contribution < -0.4 is 15.4 Å². The van der Waals surface area contributed by atoms with Crippen LogP contribution in [0.5, 0.6) is 5.75 Å². The third-order valence-corrected chi connectivity index (χ3v) is 5.10. The van der Waals surface area contributed by atoms with Crippen LogP contribution in [-0.2, 0) is 12.8 Å². The zero-order chi connectivity index (χ0) is 17.3. The van der Waals surface area contributed by atoms with Crippen LogP contribution in [0, 0.1) is 0 Å². The Morgan fingerprint density at radius 2 is 1.92 bits per heavy atom. The Labute approximate surface area is 177 Å². The maximum Gasteiger partial charge on any atom is 0.191 e. The first kappa shape index (κ1) is 20.9. The maximum atomic E-state index is 5.55. The van der Waals surface area contributed by atoms with Gasteiger partial charge in [-0.25, -0.2) is 0 Å². The highest BCUT2D eigenvalue weighted by molar-refractivity contribution is 14.0. The van der Waals surface area contributed by atoms with Gasteiger partial charge < -0.3 is 15.4 Å². The van der Waals surface area contributed by atoms with E-state index < -0.39 is 0 Å². The number of guanidine groups is 1. The molecule has 1 aliphatic heterocycles. The zero-order valence-electron chi connectivity index (χ0n) is 15.0. The molecular weight excluding hydrogens is 457 g/mol. The van der Waals surface area contributed by atoms with E-state index in [9.17, 15) is 0 Å². The molecule has 0 aromatic heterocycles. The summed E-state index contributed by atoms with van der Waals surface area (Å²) in [7, 11) is 1.81. The number of fused-ring (bicyclic) bond motifs is 1. The van der Waals surface area contributed by atoms with Gasteiger partial charge >= 0.3 is 0 Å². The number of hydrogen-bond donors (Lipinski definition) is 2. The highest BCUT2D eigenvalue weighted by Crippen LogP contribution is 2.25. The van der Waals surface area contributed by atoms with Crippen LogP contribution in [0.25, 0.3) is 0 Å². The molecule has 2 aromatic carbocycles. The largest absolute Gasteiger partial charge is 0.493 e. The van der Waals surface area contributed by atoms with Crippen molar-refractivity contribution in [2.24, 2.45) is 4.99 Å². The van der Waals surface area contributed by atoms with Gasteiger partial charge in [0.1, 0.15) is 5.75 Å².